The third-order valence-corrected chi connectivity index (χ3v) is 4.72. The minimum atomic E-state index is -0.572. The van der Waals surface area contributed by atoms with Crippen LogP contribution < -0.4 is 0 Å². The molecule has 0 aliphatic heterocycles. The lowest BCUT2D eigenvalue weighted by molar-refractivity contribution is 0.219. The van der Waals surface area contributed by atoms with E-state index in [1.54, 1.807) is 11.3 Å². The number of aliphatic hydroxyl groups is 1. The molecule has 0 saturated heterocycles. The molecule has 1 aromatic heterocycles. The number of rotatable bonds is 2. The van der Waals surface area contributed by atoms with Crippen LogP contribution in [-0.4, -0.2) is 10.1 Å². The first-order valence-electron chi connectivity index (χ1n) is 6.45. The van der Waals surface area contributed by atoms with Gasteiger partial charge in [-0.1, -0.05) is 37.3 Å². The molecule has 1 N–H and O–H groups in total. The molecular formula is C15H17NOS. The average molecular weight is 259 g/mol. The van der Waals surface area contributed by atoms with Gasteiger partial charge in [0.05, 0.1) is 5.69 Å². The molecule has 0 fully saturated rings. The van der Waals surface area contributed by atoms with Gasteiger partial charge in [0.15, 0.2) is 0 Å². The van der Waals surface area contributed by atoms with Crippen molar-refractivity contribution in [3.63, 3.8) is 0 Å². The Kier molecular flexibility index (Phi) is 3.18. The molecule has 2 aromatic rings. The van der Waals surface area contributed by atoms with Crippen LogP contribution in [0.3, 0.4) is 0 Å². The molecule has 2 nitrogen and oxygen atoms in total. The topological polar surface area (TPSA) is 33.1 Å². The second-order valence-corrected chi connectivity index (χ2v) is 6.20. The SMILES string of the molecule is CC1CCc2nc(C(O)c3ccccc3)sc2C1. The van der Waals surface area contributed by atoms with Gasteiger partial charge in [0.25, 0.3) is 0 Å². The van der Waals surface area contributed by atoms with Crippen molar-refractivity contribution in [2.24, 2.45) is 5.92 Å². The van der Waals surface area contributed by atoms with Crippen LogP contribution in [0.4, 0.5) is 0 Å². The third-order valence-electron chi connectivity index (χ3n) is 3.55. The molecule has 0 amide bonds. The fraction of sp³-hybridized carbons (Fsp3) is 0.400. The maximum atomic E-state index is 10.4. The van der Waals surface area contributed by atoms with E-state index >= 15 is 0 Å². The van der Waals surface area contributed by atoms with Crippen LogP contribution in [0, 0.1) is 5.92 Å². The van der Waals surface area contributed by atoms with Crippen LogP contribution in [0.1, 0.15) is 40.6 Å². The summed E-state index contributed by atoms with van der Waals surface area (Å²) in [6.45, 7) is 2.29. The van der Waals surface area contributed by atoms with Crippen LogP contribution in [0.2, 0.25) is 0 Å². The number of aromatic nitrogens is 1. The molecule has 2 atom stereocenters. The van der Waals surface area contributed by atoms with Crippen molar-refractivity contribution in [1.82, 2.24) is 4.98 Å². The summed E-state index contributed by atoms with van der Waals surface area (Å²) in [5.41, 5.74) is 2.14. The second-order valence-electron chi connectivity index (χ2n) is 5.08. The lowest BCUT2D eigenvalue weighted by atomic mass is 9.93. The second kappa shape index (κ2) is 4.82. The molecule has 3 rings (SSSR count). The Hall–Kier alpha value is -1.19. The number of benzene rings is 1. The highest BCUT2D eigenvalue weighted by atomic mass is 32.1. The van der Waals surface area contributed by atoms with Crippen molar-refractivity contribution in [1.29, 1.82) is 0 Å². The Morgan fingerprint density at radius 2 is 2.11 bits per heavy atom. The zero-order valence-electron chi connectivity index (χ0n) is 10.5. The van der Waals surface area contributed by atoms with Crippen LogP contribution in [-0.2, 0) is 12.8 Å². The van der Waals surface area contributed by atoms with E-state index in [1.165, 1.54) is 17.0 Å². The van der Waals surface area contributed by atoms with Crippen molar-refractivity contribution in [3.05, 3.63) is 51.5 Å². The quantitative estimate of drug-likeness (QED) is 0.897. The van der Waals surface area contributed by atoms with Crippen molar-refractivity contribution >= 4 is 11.3 Å². The molecule has 0 saturated carbocycles. The summed E-state index contributed by atoms with van der Waals surface area (Å²) < 4.78 is 0. The molecular weight excluding hydrogens is 242 g/mol. The molecule has 2 unspecified atom stereocenters. The molecule has 3 heteroatoms. The molecule has 94 valence electrons. The Morgan fingerprint density at radius 3 is 2.89 bits per heavy atom. The summed E-state index contributed by atoms with van der Waals surface area (Å²) in [4.78, 5) is 6.00. The van der Waals surface area contributed by atoms with Crippen LogP contribution in [0.15, 0.2) is 30.3 Å². The number of hydrogen-bond acceptors (Lipinski definition) is 3. The van der Waals surface area contributed by atoms with Crippen molar-refractivity contribution in [3.8, 4) is 0 Å². The largest absolute Gasteiger partial charge is 0.381 e. The van der Waals surface area contributed by atoms with E-state index in [0.29, 0.717) is 0 Å². The first-order valence-corrected chi connectivity index (χ1v) is 7.27. The fourth-order valence-corrected chi connectivity index (χ4v) is 3.74. The summed E-state index contributed by atoms with van der Waals surface area (Å²) >= 11 is 1.68. The highest BCUT2D eigenvalue weighted by Crippen LogP contribution is 2.34. The normalized spacial score (nSPS) is 20.4. The molecule has 1 aliphatic carbocycles. The Morgan fingerprint density at radius 1 is 1.33 bits per heavy atom. The van der Waals surface area contributed by atoms with Gasteiger partial charge in [0.2, 0.25) is 0 Å². The van der Waals surface area contributed by atoms with Crippen LogP contribution >= 0.6 is 11.3 Å². The first-order chi connectivity index (χ1) is 8.74. The molecule has 1 aliphatic rings. The standard InChI is InChI=1S/C15H17NOS/c1-10-7-8-12-13(9-10)18-15(16-12)14(17)11-5-3-2-4-6-11/h2-6,10,14,17H,7-9H2,1H3. The van der Waals surface area contributed by atoms with Gasteiger partial charge in [0.1, 0.15) is 11.1 Å². The van der Waals surface area contributed by atoms with Gasteiger partial charge in [-0.3, -0.25) is 0 Å². The number of hydrogen-bond donors (Lipinski definition) is 1. The van der Waals surface area contributed by atoms with E-state index in [-0.39, 0.29) is 0 Å². The number of fused-ring (bicyclic) bond motifs is 1. The van der Waals surface area contributed by atoms with E-state index < -0.39 is 6.10 Å². The predicted octanol–water partition coefficient (Wildman–Crippen LogP) is 3.35. The summed E-state index contributed by atoms with van der Waals surface area (Å²) in [6, 6.07) is 9.77. The number of aliphatic hydroxyl groups excluding tert-OH is 1. The van der Waals surface area contributed by atoms with Crippen LogP contribution in [0.5, 0.6) is 0 Å². The molecule has 1 heterocycles. The number of thiazole rings is 1. The van der Waals surface area contributed by atoms with E-state index in [4.69, 9.17) is 0 Å². The van der Waals surface area contributed by atoms with Gasteiger partial charge in [-0.25, -0.2) is 4.98 Å². The van der Waals surface area contributed by atoms with E-state index in [0.717, 1.165) is 29.3 Å². The van der Waals surface area contributed by atoms with E-state index in [2.05, 4.69) is 11.9 Å². The average Bonchev–Trinajstić information content (AvgIpc) is 2.81. The maximum Gasteiger partial charge on any atom is 0.131 e. The van der Waals surface area contributed by atoms with Crippen molar-refractivity contribution in [2.75, 3.05) is 0 Å². The zero-order valence-corrected chi connectivity index (χ0v) is 11.3. The lowest BCUT2D eigenvalue weighted by Gasteiger charge is -2.15. The third kappa shape index (κ3) is 2.20. The molecule has 0 radical (unpaired) electrons. The minimum absolute atomic E-state index is 0.572. The summed E-state index contributed by atoms with van der Waals surface area (Å²) in [6.07, 6.45) is 2.83. The highest BCUT2D eigenvalue weighted by Gasteiger charge is 2.23. The summed E-state index contributed by atoms with van der Waals surface area (Å²) in [5.74, 6) is 0.750. The zero-order chi connectivity index (χ0) is 12.5. The van der Waals surface area contributed by atoms with Crippen molar-refractivity contribution in [2.45, 2.75) is 32.3 Å². The van der Waals surface area contributed by atoms with Gasteiger partial charge in [0, 0.05) is 4.88 Å². The Labute approximate surface area is 111 Å². The lowest BCUT2D eigenvalue weighted by Crippen LogP contribution is -2.09. The minimum Gasteiger partial charge on any atom is -0.381 e. The Balaban J connectivity index is 1.89. The summed E-state index contributed by atoms with van der Waals surface area (Å²) in [5, 5.41) is 11.2. The van der Waals surface area contributed by atoms with Crippen LogP contribution in [0.25, 0.3) is 0 Å². The molecule has 18 heavy (non-hydrogen) atoms. The molecule has 0 bridgehead atoms. The Bertz CT molecular complexity index is 535. The number of aryl methyl sites for hydroxylation is 1. The fourth-order valence-electron chi connectivity index (χ4n) is 2.45. The van der Waals surface area contributed by atoms with Crippen molar-refractivity contribution < 1.29 is 5.11 Å². The highest BCUT2D eigenvalue weighted by molar-refractivity contribution is 7.11. The summed E-state index contributed by atoms with van der Waals surface area (Å²) in [7, 11) is 0. The van der Waals surface area contributed by atoms with E-state index in [9.17, 15) is 5.11 Å². The van der Waals surface area contributed by atoms with Gasteiger partial charge in [-0.05, 0) is 30.7 Å². The van der Waals surface area contributed by atoms with Gasteiger partial charge >= 0.3 is 0 Å². The number of nitrogens with zero attached hydrogens (tertiary/aromatic N) is 1. The molecule has 1 aromatic carbocycles. The smallest absolute Gasteiger partial charge is 0.131 e. The maximum absolute atomic E-state index is 10.4. The molecule has 0 spiro atoms. The predicted molar refractivity (Wildman–Crippen MR) is 73.8 cm³/mol. The van der Waals surface area contributed by atoms with Gasteiger partial charge in [-0.2, -0.15) is 0 Å². The first kappa shape index (κ1) is 11.9. The van der Waals surface area contributed by atoms with Gasteiger partial charge < -0.3 is 5.11 Å². The van der Waals surface area contributed by atoms with E-state index in [1.807, 2.05) is 30.3 Å². The van der Waals surface area contributed by atoms with Gasteiger partial charge in [-0.15, -0.1) is 11.3 Å². The monoisotopic (exact) mass is 259 g/mol.